The van der Waals surface area contributed by atoms with Gasteiger partial charge in [0.1, 0.15) is 11.4 Å². The topological polar surface area (TPSA) is 64.4 Å². The van der Waals surface area contributed by atoms with Gasteiger partial charge in [-0.15, -0.1) is 0 Å². The smallest absolute Gasteiger partial charge is 0.257 e. The number of hydrogen-bond donors (Lipinski definition) is 1. The fraction of sp³-hybridized carbons (Fsp3) is 0.120. The summed E-state index contributed by atoms with van der Waals surface area (Å²) < 4.78 is 11.3. The number of benzene rings is 3. The molecule has 1 N–H and O–H groups in total. The monoisotopic (exact) mass is 430 g/mol. The van der Waals surface area contributed by atoms with E-state index in [2.05, 4.69) is 10.3 Å². The second kappa shape index (κ2) is 10.00. The van der Waals surface area contributed by atoms with E-state index in [-0.39, 0.29) is 11.7 Å². The van der Waals surface area contributed by atoms with Gasteiger partial charge in [0.2, 0.25) is 5.91 Å². The number of amides is 1. The number of rotatable bonds is 8. The van der Waals surface area contributed by atoms with Gasteiger partial charge in [-0.3, -0.25) is 4.79 Å². The minimum Gasteiger partial charge on any atom is -0.497 e. The molecule has 156 valence electrons. The summed E-state index contributed by atoms with van der Waals surface area (Å²) in [5.41, 5.74) is 3.67. The number of thioether (sulfide) groups is 1. The van der Waals surface area contributed by atoms with Gasteiger partial charge in [-0.1, -0.05) is 84.6 Å². The zero-order valence-corrected chi connectivity index (χ0v) is 17.9. The molecule has 0 saturated heterocycles. The Balaban J connectivity index is 1.45. The van der Waals surface area contributed by atoms with E-state index in [1.54, 1.807) is 7.11 Å². The molecule has 0 atom stereocenters. The van der Waals surface area contributed by atoms with Crippen molar-refractivity contribution in [2.24, 2.45) is 0 Å². The van der Waals surface area contributed by atoms with Crippen LogP contribution in [0.1, 0.15) is 5.56 Å². The SMILES string of the molecule is COc1cccc(CNC(=O)CSc2nc(-c3ccccc3)c(-c3ccccc3)o2)c1. The van der Waals surface area contributed by atoms with Crippen LogP contribution in [-0.4, -0.2) is 23.8 Å². The molecule has 4 aromatic rings. The van der Waals surface area contributed by atoms with Crippen molar-refractivity contribution in [2.75, 3.05) is 12.9 Å². The number of carbonyl (C=O) groups is 1. The van der Waals surface area contributed by atoms with Gasteiger partial charge in [-0.2, -0.15) is 0 Å². The van der Waals surface area contributed by atoms with Crippen molar-refractivity contribution in [1.29, 1.82) is 0 Å². The summed E-state index contributed by atoms with van der Waals surface area (Å²) >= 11 is 1.28. The van der Waals surface area contributed by atoms with E-state index in [9.17, 15) is 4.79 Å². The standard InChI is InChI=1S/C25H22N2O3S/c1-29-21-14-8-9-18(15-21)16-26-22(28)17-31-25-27-23(19-10-4-2-5-11-19)24(30-25)20-12-6-3-7-13-20/h2-15H,16-17H2,1H3,(H,26,28). The number of carbonyl (C=O) groups excluding carboxylic acids is 1. The quantitative estimate of drug-likeness (QED) is 0.378. The zero-order valence-electron chi connectivity index (χ0n) is 17.1. The minimum atomic E-state index is -0.0893. The van der Waals surface area contributed by atoms with Gasteiger partial charge < -0.3 is 14.5 Å². The Hall–Kier alpha value is -3.51. The van der Waals surface area contributed by atoms with Crippen molar-refractivity contribution < 1.29 is 13.9 Å². The fourth-order valence-corrected chi connectivity index (χ4v) is 3.76. The third-order valence-corrected chi connectivity index (χ3v) is 5.47. The third kappa shape index (κ3) is 5.35. The molecule has 1 amide bonds. The maximum atomic E-state index is 12.3. The molecule has 1 aromatic heterocycles. The molecular weight excluding hydrogens is 408 g/mol. The largest absolute Gasteiger partial charge is 0.497 e. The van der Waals surface area contributed by atoms with Gasteiger partial charge in [0, 0.05) is 17.7 Å². The molecule has 6 heteroatoms. The predicted molar refractivity (Wildman–Crippen MR) is 123 cm³/mol. The van der Waals surface area contributed by atoms with E-state index in [0.29, 0.717) is 17.5 Å². The molecule has 31 heavy (non-hydrogen) atoms. The van der Waals surface area contributed by atoms with Crippen LogP contribution in [-0.2, 0) is 11.3 Å². The second-order valence-corrected chi connectivity index (χ2v) is 7.73. The Labute approximate surface area is 185 Å². The van der Waals surface area contributed by atoms with Crippen LogP contribution in [0, 0.1) is 0 Å². The van der Waals surface area contributed by atoms with Crippen molar-refractivity contribution in [3.63, 3.8) is 0 Å². The number of ether oxygens (including phenoxy) is 1. The molecule has 0 unspecified atom stereocenters. The van der Waals surface area contributed by atoms with E-state index in [1.165, 1.54) is 11.8 Å². The first-order valence-electron chi connectivity index (χ1n) is 9.87. The first-order chi connectivity index (χ1) is 15.2. The van der Waals surface area contributed by atoms with Crippen LogP contribution in [0.4, 0.5) is 0 Å². The maximum absolute atomic E-state index is 12.3. The Bertz CT molecular complexity index is 1090. The molecule has 0 fully saturated rings. The summed E-state index contributed by atoms with van der Waals surface area (Å²) in [6.45, 7) is 0.437. The van der Waals surface area contributed by atoms with Gasteiger partial charge in [0.25, 0.3) is 5.22 Å². The summed E-state index contributed by atoms with van der Waals surface area (Å²) in [4.78, 5) is 17.0. The van der Waals surface area contributed by atoms with Gasteiger partial charge in [-0.05, 0) is 17.7 Å². The number of methoxy groups -OCH3 is 1. The molecule has 5 nitrogen and oxygen atoms in total. The molecule has 0 saturated carbocycles. The summed E-state index contributed by atoms with van der Waals surface area (Å²) in [7, 11) is 1.62. The molecular formula is C25H22N2O3S. The Kier molecular flexibility index (Phi) is 6.69. The number of nitrogens with zero attached hydrogens (tertiary/aromatic N) is 1. The van der Waals surface area contributed by atoms with E-state index in [4.69, 9.17) is 9.15 Å². The van der Waals surface area contributed by atoms with Crippen molar-refractivity contribution in [2.45, 2.75) is 11.8 Å². The van der Waals surface area contributed by atoms with E-state index in [1.807, 2.05) is 84.9 Å². The molecule has 0 aliphatic carbocycles. The van der Waals surface area contributed by atoms with E-state index < -0.39 is 0 Å². The van der Waals surface area contributed by atoms with Gasteiger partial charge in [-0.25, -0.2) is 4.98 Å². The Morgan fingerprint density at radius 2 is 1.68 bits per heavy atom. The highest BCUT2D eigenvalue weighted by atomic mass is 32.2. The Morgan fingerprint density at radius 1 is 0.968 bits per heavy atom. The normalized spacial score (nSPS) is 10.6. The first kappa shape index (κ1) is 20.8. The van der Waals surface area contributed by atoms with Crippen molar-refractivity contribution in [1.82, 2.24) is 10.3 Å². The summed E-state index contributed by atoms with van der Waals surface area (Å²) in [5.74, 6) is 1.59. The van der Waals surface area contributed by atoms with Crippen LogP contribution in [0.3, 0.4) is 0 Å². The predicted octanol–water partition coefficient (Wildman–Crippen LogP) is 5.43. The average molecular weight is 431 g/mol. The zero-order chi connectivity index (χ0) is 21.5. The molecule has 4 rings (SSSR count). The number of nitrogens with one attached hydrogen (secondary N) is 1. The molecule has 0 spiro atoms. The van der Waals surface area contributed by atoms with Crippen molar-refractivity contribution in [3.8, 4) is 28.3 Å². The number of hydrogen-bond acceptors (Lipinski definition) is 5. The third-order valence-electron chi connectivity index (χ3n) is 4.64. The summed E-state index contributed by atoms with van der Waals surface area (Å²) in [6, 6.07) is 27.4. The van der Waals surface area contributed by atoms with Crippen LogP contribution in [0.2, 0.25) is 0 Å². The number of oxazole rings is 1. The highest BCUT2D eigenvalue weighted by Crippen LogP contribution is 2.35. The van der Waals surface area contributed by atoms with Gasteiger partial charge in [0.15, 0.2) is 5.76 Å². The second-order valence-electron chi connectivity index (χ2n) is 6.81. The molecule has 0 aliphatic rings. The van der Waals surface area contributed by atoms with Crippen LogP contribution in [0.15, 0.2) is 94.6 Å². The molecule has 0 bridgehead atoms. The van der Waals surface area contributed by atoms with E-state index in [0.717, 1.165) is 28.1 Å². The van der Waals surface area contributed by atoms with Gasteiger partial charge in [0.05, 0.1) is 12.9 Å². The molecule has 1 heterocycles. The van der Waals surface area contributed by atoms with Gasteiger partial charge >= 0.3 is 0 Å². The number of aromatic nitrogens is 1. The Morgan fingerprint density at radius 3 is 2.39 bits per heavy atom. The molecule has 0 radical (unpaired) electrons. The highest BCUT2D eigenvalue weighted by Gasteiger charge is 2.18. The lowest BCUT2D eigenvalue weighted by atomic mass is 10.1. The van der Waals surface area contributed by atoms with Crippen molar-refractivity contribution >= 4 is 17.7 Å². The fourth-order valence-electron chi connectivity index (χ4n) is 3.10. The lowest BCUT2D eigenvalue weighted by Crippen LogP contribution is -2.24. The van der Waals surface area contributed by atoms with E-state index >= 15 is 0 Å². The molecule has 3 aromatic carbocycles. The average Bonchev–Trinajstić information content (AvgIpc) is 3.27. The molecule has 0 aliphatic heterocycles. The van der Waals surface area contributed by atoms with Crippen LogP contribution in [0.5, 0.6) is 5.75 Å². The summed E-state index contributed by atoms with van der Waals surface area (Å²) in [5, 5.41) is 3.39. The van der Waals surface area contributed by atoms with Crippen molar-refractivity contribution in [3.05, 3.63) is 90.5 Å². The maximum Gasteiger partial charge on any atom is 0.257 e. The lowest BCUT2D eigenvalue weighted by molar-refractivity contribution is -0.118. The minimum absolute atomic E-state index is 0.0893. The lowest BCUT2D eigenvalue weighted by Gasteiger charge is -2.06. The van der Waals surface area contributed by atoms with Crippen LogP contribution >= 0.6 is 11.8 Å². The van der Waals surface area contributed by atoms with Crippen LogP contribution in [0.25, 0.3) is 22.6 Å². The highest BCUT2D eigenvalue weighted by molar-refractivity contribution is 7.99. The van der Waals surface area contributed by atoms with Crippen LogP contribution < -0.4 is 10.1 Å². The summed E-state index contributed by atoms with van der Waals surface area (Å²) in [6.07, 6.45) is 0. The first-order valence-corrected chi connectivity index (χ1v) is 10.9.